The molecule has 106 valence electrons. The fourth-order valence-electron chi connectivity index (χ4n) is 2.37. The van der Waals surface area contributed by atoms with Crippen LogP contribution in [0.2, 0.25) is 0 Å². The minimum absolute atomic E-state index is 0.393. The van der Waals surface area contributed by atoms with Crippen molar-refractivity contribution >= 4 is 13.5 Å². The second-order valence-electron chi connectivity index (χ2n) is 5.13. The minimum atomic E-state index is -0.472. The van der Waals surface area contributed by atoms with E-state index in [1.165, 1.54) is 10.9 Å². The molecule has 2 unspecified atom stereocenters. The average Bonchev–Trinajstić information content (AvgIpc) is 2.48. The summed E-state index contributed by atoms with van der Waals surface area (Å²) >= 11 is 0. The van der Waals surface area contributed by atoms with E-state index >= 15 is 0 Å². The third kappa shape index (κ3) is 3.46. The molecule has 0 amide bonds. The van der Waals surface area contributed by atoms with E-state index in [0.29, 0.717) is 6.04 Å². The number of rotatable bonds is 5. The molecular formula is C17H23N2P. The van der Waals surface area contributed by atoms with Crippen LogP contribution in [-0.2, 0) is 0 Å². The zero-order valence-electron chi connectivity index (χ0n) is 12.7. The molecule has 0 aliphatic carbocycles. The van der Waals surface area contributed by atoms with Gasteiger partial charge in [-0.25, -0.2) is 0 Å². The first-order chi connectivity index (χ1) is 9.61. The predicted molar refractivity (Wildman–Crippen MR) is 89.3 cm³/mol. The molecule has 0 saturated heterocycles. The van der Waals surface area contributed by atoms with Crippen molar-refractivity contribution in [2.24, 2.45) is 0 Å². The molecule has 20 heavy (non-hydrogen) atoms. The van der Waals surface area contributed by atoms with Gasteiger partial charge in [0.15, 0.2) is 0 Å². The molecule has 2 rings (SSSR count). The first-order valence-corrected chi connectivity index (χ1v) is 8.16. The molecule has 2 atom stereocenters. The van der Waals surface area contributed by atoms with Gasteiger partial charge in [-0.1, -0.05) is 60.7 Å². The van der Waals surface area contributed by atoms with Crippen LogP contribution in [0.1, 0.15) is 18.5 Å². The Morgan fingerprint density at radius 3 is 1.80 bits per heavy atom. The van der Waals surface area contributed by atoms with E-state index in [4.69, 9.17) is 0 Å². The zero-order valence-corrected chi connectivity index (χ0v) is 13.6. The van der Waals surface area contributed by atoms with Crippen LogP contribution in [0.15, 0.2) is 60.7 Å². The highest BCUT2D eigenvalue weighted by Gasteiger charge is 2.24. The lowest BCUT2D eigenvalue weighted by molar-refractivity contribution is 0.417. The van der Waals surface area contributed by atoms with Crippen molar-refractivity contribution in [3.63, 3.8) is 0 Å². The van der Waals surface area contributed by atoms with E-state index in [0.717, 1.165) is 0 Å². The molecule has 0 aromatic heterocycles. The second kappa shape index (κ2) is 6.99. The Hall–Kier alpha value is -1.21. The quantitative estimate of drug-likeness (QED) is 0.770. The summed E-state index contributed by atoms with van der Waals surface area (Å²) in [5.41, 5.74) is 1.36. The Balaban J connectivity index is 2.26. The highest BCUT2D eigenvalue weighted by atomic mass is 31.1. The van der Waals surface area contributed by atoms with Crippen LogP contribution in [0, 0.1) is 0 Å². The van der Waals surface area contributed by atoms with E-state index in [9.17, 15) is 0 Å². The first kappa shape index (κ1) is 15.2. The van der Waals surface area contributed by atoms with Gasteiger partial charge in [0.2, 0.25) is 0 Å². The molecule has 2 aromatic rings. The third-order valence-electron chi connectivity index (χ3n) is 3.51. The summed E-state index contributed by atoms with van der Waals surface area (Å²) in [6.07, 6.45) is 0. The van der Waals surface area contributed by atoms with Crippen LogP contribution >= 0.6 is 8.22 Å². The van der Waals surface area contributed by atoms with Gasteiger partial charge < -0.3 is 0 Å². The Kier molecular flexibility index (Phi) is 5.31. The number of hydrogen-bond acceptors (Lipinski definition) is 2. The van der Waals surface area contributed by atoms with Gasteiger partial charge in [-0.05, 0) is 33.6 Å². The fraction of sp³-hybridized carbons (Fsp3) is 0.294. The summed E-state index contributed by atoms with van der Waals surface area (Å²) in [4.78, 5) is 0. The van der Waals surface area contributed by atoms with E-state index < -0.39 is 8.22 Å². The van der Waals surface area contributed by atoms with E-state index in [1.54, 1.807) is 0 Å². The summed E-state index contributed by atoms with van der Waals surface area (Å²) in [7, 11) is 6.07. The van der Waals surface area contributed by atoms with Gasteiger partial charge in [0.05, 0.1) is 8.22 Å². The zero-order chi connectivity index (χ0) is 14.5. The molecule has 0 spiro atoms. The molecule has 0 bridgehead atoms. The molecule has 0 fully saturated rings. The van der Waals surface area contributed by atoms with Crippen LogP contribution < -0.4 is 5.30 Å². The minimum Gasteiger partial charge on any atom is -0.272 e. The third-order valence-corrected chi connectivity index (χ3v) is 5.97. The molecule has 3 heteroatoms. The smallest absolute Gasteiger partial charge is 0.0722 e. The van der Waals surface area contributed by atoms with Crippen molar-refractivity contribution < 1.29 is 0 Å². The first-order valence-electron chi connectivity index (χ1n) is 6.91. The SMILES string of the molecule is CC(c1ccccc1)N(C)P(c1ccccc1)N(C)C. The van der Waals surface area contributed by atoms with Crippen LogP contribution in [0.25, 0.3) is 0 Å². The maximum absolute atomic E-state index is 2.47. The van der Waals surface area contributed by atoms with Crippen molar-refractivity contribution in [2.75, 3.05) is 21.1 Å². The lowest BCUT2D eigenvalue weighted by Crippen LogP contribution is -2.29. The molecule has 0 heterocycles. The topological polar surface area (TPSA) is 6.48 Å². The molecule has 0 radical (unpaired) electrons. The van der Waals surface area contributed by atoms with Crippen LogP contribution in [0.3, 0.4) is 0 Å². The molecular weight excluding hydrogens is 263 g/mol. The largest absolute Gasteiger partial charge is 0.272 e. The molecule has 2 nitrogen and oxygen atoms in total. The summed E-state index contributed by atoms with van der Waals surface area (Å²) in [6, 6.07) is 21.9. The predicted octanol–water partition coefficient (Wildman–Crippen LogP) is 3.88. The Labute approximate surface area is 123 Å². The number of benzene rings is 2. The average molecular weight is 286 g/mol. The van der Waals surface area contributed by atoms with Gasteiger partial charge in [0.1, 0.15) is 0 Å². The van der Waals surface area contributed by atoms with Crippen LogP contribution in [-0.4, -0.2) is 30.5 Å². The Morgan fingerprint density at radius 2 is 1.30 bits per heavy atom. The van der Waals surface area contributed by atoms with E-state index in [1.807, 2.05) is 0 Å². The van der Waals surface area contributed by atoms with Gasteiger partial charge in [-0.15, -0.1) is 0 Å². The molecule has 2 aromatic carbocycles. The standard InChI is InChI=1S/C17H23N2P/c1-15(16-11-7-5-8-12-16)19(4)20(18(2)3)17-13-9-6-10-14-17/h5-15H,1-4H3. The van der Waals surface area contributed by atoms with Crippen molar-refractivity contribution in [2.45, 2.75) is 13.0 Å². The van der Waals surface area contributed by atoms with Crippen molar-refractivity contribution in [1.82, 2.24) is 9.34 Å². The summed E-state index contributed by atoms with van der Waals surface area (Å²) in [5.74, 6) is 0. The summed E-state index contributed by atoms with van der Waals surface area (Å²) in [6.45, 7) is 2.27. The van der Waals surface area contributed by atoms with Crippen LogP contribution in [0.5, 0.6) is 0 Å². The normalized spacial score (nSPS) is 14.5. The summed E-state index contributed by atoms with van der Waals surface area (Å²) < 4.78 is 4.80. The van der Waals surface area contributed by atoms with Gasteiger partial charge in [-0.3, -0.25) is 9.34 Å². The fourth-order valence-corrected chi connectivity index (χ4v) is 4.66. The Bertz CT molecular complexity index is 513. The van der Waals surface area contributed by atoms with Gasteiger partial charge in [0.25, 0.3) is 0 Å². The van der Waals surface area contributed by atoms with Crippen LogP contribution in [0.4, 0.5) is 0 Å². The molecule has 0 aliphatic rings. The van der Waals surface area contributed by atoms with Crippen molar-refractivity contribution in [3.8, 4) is 0 Å². The monoisotopic (exact) mass is 286 g/mol. The number of nitrogens with zero attached hydrogens (tertiary/aromatic N) is 2. The lowest BCUT2D eigenvalue weighted by Gasteiger charge is -2.37. The molecule has 0 aliphatic heterocycles. The molecule has 0 saturated carbocycles. The highest BCUT2D eigenvalue weighted by molar-refractivity contribution is 7.60. The van der Waals surface area contributed by atoms with E-state index in [2.05, 4.69) is 98.1 Å². The van der Waals surface area contributed by atoms with Gasteiger partial charge in [0, 0.05) is 11.3 Å². The van der Waals surface area contributed by atoms with Crippen molar-refractivity contribution in [1.29, 1.82) is 0 Å². The number of hydrogen-bond donors (Lipinski definition) is 0. The summed E-state index contributed by atoms with van der Waals surface area (Å²) in [5, 5.41) is 1.39. The van der Waals surface area contributed by atoms with Crippen molar-refractivity contribution in [3.05, 3.63) is 66.2 Å². The molecule has 0 N–H and O–H groups in total. The maximum atomic E-state index is 2.47. The Morgan fingerprint density at radius 1 is 0.800 bits per heavy atom. The highest BCUT2D eigenvalue weighted by Crippen LogP contribution is 2.44. The van der Waals surface area contributed by atoms with Gasteiger partial charge in [-0.2, -0.15) is 0 Å². The second-order valence-corrected chi connectivity index (χ2v) is 7.66. The van der Waals surface area contributed by atoms with E-state index in [-0.39, 0.29) is 0 Å². The maximum Gasteiger partial charge on any atom is 0.0722 e. The van der Waals surface area contributed by atoms with Gasteiger partial charge >= 0.3 is 0 Å². The lowest BCUT2D eigenvalue weighted by atomic mass is 10.1.